The molecule has 0 aromatic heterocycles. The van der Waals surface area contributed by atoms with Gasteiger partial charge in [-0.05, 0) is 30.9 Å². The summed E-state index contributed by atoms with van der Waals surface area (Å²) in [5.74, 6) is 0.0830. The zero-order valence-electron chi connectivity index (χ0n) is 11.4. The second kappa shape index (κ2) is 6.27. The third kappa shape index (κ3) is 2.80. The van der Waals surface area contributed by atoms with Crippen LogP contribution in [0.15, 0.2) is 24.3 Å². The van der Waals surface area contributed by atoms with E-state index in [1.165, 1.54) is 0 Å². The summed E-state index contributed by atoms with van der Waals surface area (Å²) in [6.45, 7) is 2.57. The van der Waals surface area contributed by atoms with Gasteiger partial charge in [0.2, 0.25) is 5.91 Å². The highest BCUT2D eigenvalue weighted by Gasteiger charge is 2.27. The summed E-state index contributed by atoms with van der Waals surface area (Å²) in [7, 11) is 0. The van der Waals surface area contributed by atoms with Crippen LogP contribution >= 0.6 is 12.4 Å². The average molecular weight is 295 g/mol. The molecule has 3 rings (SSSR count). The molecule has 2 heterocycles. The van der Waals surface area contributed by atoms with E-state index in [2.05, 4.69) is 0 Å². The molecule has 108 valence electrons. The van der Waals surface area contributed by atoms with Crippen molar-refractivity contribution in [3.8, 4) is 0 Å². The number of fused-ring (bicyclic) bond motifs is 1. The van der Waals surface area contributed by atoms with Crippen molar-refractivity contribution in [1.82, 2.24) is 9.80 Å². The van der Waals surface area contributed by atoms with Crippen molar-refractivity contribution in [2.75, 3.05) is 26.2 Å². The molecule has 1 fully saturated rings. The summed E-state index contributed by atoms with van der Waals surface area (Å²) >= 11 is 0. The number of hydrogen-bond donors (Lipinski definition) is 0. The Labute approximate surface area is 125 Å². The Bertz CT molecular complexity index is 512. The largest absolute Gasteiger partial charge is 0.341 e. The minimum atomic E-state index is -0.00519. The minimum Gasteiger partial charge on any atom is -0.341 e. The van der Waals surface area contributed by atoms with E-state index in [-0.39, 0.29) is 30.8 Å². The van der Waals surface area contributed by atoms with Crippen LogP contribution in [0.3, 0.4) is 0 Å². The molecule has 2 amide bonds. The van der Waals surface area contributed by atoms with Gasteiger partial charge in [-0.3, -0.25) is 9.59 Å². The lowest BCUT2D eigenvalue weighted by Gasteiger charge is -2.29. The molecule has 0 N–H and O–H groups in total. The molecule has 5 heteroatoms. The second-order valence-corrected chi connectivity index (χ2v) is 5.22. The molecule has 1 aromatic rings. The molecule has 0 unspecified atom stereocenters. The molecule has 0 radical (unpaired) electrons. The molecule has 1 aromatic carbocycles. The number of hydrogen-bond acceptors (Lipinski definition) is 2. The first kappa shape index (κ1) is 14.9. The van der Waals surface area contributed by atoms with Gasteiger partial charge in [-0.25, -0.2) is 0 Å². The number of likely N-dealkylation sites (tertiary alicyclic amines) is 1. The van der Waals surface area contributed by atoms with Gasteiger partial charge in [-0.2, -0.15) is 0 Å². The molecule has 20 heavy (non-hydrogen) atoms. The van der Waals surface area contributed by atoms with E-state index >= 15 is 0 Å². The van der Waals surface area contributed by atoms with Crippen LogP contribution in [0, 0.1) is 0 Å². The molecule has 0 atom stereocenters. The van der Waals surface area contributed by atoms with Crippen LogP contribution in [0.4, 0.5) is 0 Å². The van der Waals surface area contributed by atoms with E-state index in [1.54, 1.807) is 4.90 Å². The number of benzene rings is 1. The Kier molecular flexibility index (Phi) is 4.65. The van der Waals surface area contributed by atoms with Gasteiger partial charge in [-0.1, -0.05) is 18.2 Å². The number of halogens is 1. The van der Waals surface area contributed by atoms with Gasteiger partial charge in [0.05, 0.1) is 0 Å². The van der Waals surface area contributed by atoms with Crippen molar-refractivity contribution in [2.45, 2.75) is 19.3 Å². The maximum Gasteiger partial charge on any atom is 0.254 e. The van der Waals surface area contributed by atoms with Gasteiger partial charge in [-0.15, -0.1) is 12.4 Å². The van der Waals surface area contributed by atoms with Crippen LogP contribution < -0.4 is 0 Å². The smallest absolute Gasteiger partial charge is 0.254 e. The normalized spacial score (nSPS) is 17.7. The van der Waals surface area contributed by atoms with Gasteiger partial charge >= 0.3 is 0 Å². The predicted octanol–water partition coefficient (Wildman–Crippen LogP) is 1.73. The fourth-order valence-electron chi connectivity index (χ4n) is 2.85. The Morgan fingerprint density at radius 3 is 2.55 bits per heavy atom. The van der Waals surface area contributed by atoms with Crippen LogP contribution in [0.2, 0.25) is 0 Å². The lowest BCUT2D eigenvalue weighted by Crippen LogP contribution is -2.45. The first-order valence-corrected chi connectivity index (χ1v) is 6.90. The summed E-state index contributed by atoms with van der Waals surface area (Å²) < 4.78 is 0. The third-order valence-corrected chi connectivity index (χ3v) is 3.97. The molecule has 1 saturated heterocycles. The molecule has 2 aliphatic rings. The van der Waals surface area contributed by atoms with E-state index in [0.717, 1.165) is 43.5 Å². The summed E-state index contributed by atoms with van der Waals surface area (Å²) in [4.78, 5) is 28.0. The van der Waals surface area contributed by atoms with Gasteiger partial charge in [0, 0.05) is 25.2 Å². The average Bonchev–Trinajstić information content (AvgIpc) is 2.96. The number of carbonyl (C=O) groups excluding carboxylic acids is 2. The van der Waals surface area contributed by atoms with Crippen LogP contribution in [0.1, 0.15) is 28.8 Å². The van der Waals surface area contributed by atoms with Crippen molar-refractivity contribution < 1.29 is 9.59 Å². The fraction of sp³-hybridized carbons (Fsp3) is 0.467. The Balaban J connectivity index is 0.00000147. The van der Waals surface area contributed by atoms with Crippen molar-refractivity contribution >= 4 is 24.2 Å². The van der Waals surface area contributed by atoms with Crippen molar-refractivity contribution in [3.63, 3.8) is 0 Å². The molecule has 0 bridgehead atoms. The van der Waals surface area contributed by atoms with Gasteiger partial charge in [0.15, 0.2) is 0 Å². The second-order valence-electron chi connectivity index (χ2n) is 5.22. The summed E-state index contributed by atoms with van der Waals surface area (Å²) in [5, 5.41) is 0. The van der Waals surface area contributed by atoms with Crippen molar-refractivity contribution in [2.24, 2.45) is 0 Å². The van der Waals surface area contributed by atoms with Crippen LogP contribution in [-0.2, 0) is 11.2 Å². The van der Waals surface area contributed by atoms with Gasteiger partial charge in [0.1, 0.15) is 6.54 Å². The Morgan fingerprint density at radius 2 is 1.80 bits per heavy atom. The van der Waals surface area contributed by atoms with Crippen LogP contribution in [-0.4, -0.2) is 47.8 Å². The monoisotopic (exact) mass is 294 g/mol. The lowest BCUT2D eigenvalue weighted by molar-refractivity contribution is -0.130. The quantitative estimate of drug-likeness (QED) is 0.833. The maximum atomic E-state index is 12.3. The van der Waals surface area contributed by atoms with Gasteiger partial charge in [0.25, 0.3) is 5.91 Å². The molecular formula is C15H19ClN2O2. The maximum absolute atomic E-state index is 12.3. The van der Waals surface area contributed by atoms with E-state index in [1.807, 2.05) is 29.2 Å². The fourth-order valence-corrected chi connectivity index (χ4v) is 2.85. The first-order valence-electron chi connectivity index (χ1n) is 6.90. The van der Waals surface area contributed by atoms with E-state index in [9.17, 15) is 9.59 Å². The molecular weight excluding hydrogens is 276 g/mol. The number of amides is 2. The van der Waals surface area contributed by atoms with E-state index in [0.29, 0.717) is 6.54 Å². The standard InChI is InChI=1S/C15H18N2O2.ClH/c18-14(16-8-3-4-9-16)11-17-10-7-12-5-1-2-6-13(12)15(17)19;/h1-2,5-6H,3-4,7-11H2;1H. The minimum absolute atomic E-state index is 0. The number of nitrogens with zero attached hydrogens (tertiary/aromatic N) is 2. The molecule has 0 aliphatic carbocycles. The molecule has 4 nitrogen and oxygen atoms in total. The van der Waals surface area contributed by atoms with Crippen molar-refractivity contribution in [1.29, 1.82) is 0 Å². The first-order chi connectivity index (χ1) is 9.25. The number of rotatable bonds is 2. The highest BCUT2D eigenvalue weighted by atomic mass is 35.5. The zero-order valence-corrected chi connectivity index (χ0v) is 12.2. The van der Waals surface area contributed by atoms with Gasteiger partial charge < -0.3 is 9.80 Å². The molecule has 0 spiro atoms. The van der Waals surface area contributed by atoms with Crippen LogP contribution in [0.25, 0.3) is 0 Å². The van der Waals surface area contributed by atoms with E-state index < -0.39 is 0 Å². The predicted molar refractivity (Wildman–Crippen MR) is 79.1 cm³/mol. The van der Waals surface area contributed by atoms with E-state index in [4.69, 9.17) is 0 Å². The third-order valence-electron chi connectivity index (χ3n) is 3.97. The highest BCUT2D eigenvalue weighted by molar-refractivity contribution is 5.98. The van der Waals surface area contributed by atoms with Crippen LogP contribution in [0.5, 0.6) is 0 Å². The summed E-state index contributed by atoms with van der Waals surface area (Å²) in [5.41, 5.74) is 1.85. The summed E-state index contributed by atoms with van der Waals surface area (Å²) in [6, 6.07) is 7.68. The molecule has 0 saturated carbocycles. The number of carbonyl (C=O) groups is 2. The topological polar surface area (TPSA) is 40.6 Å². The molecule has 2 aliphatic heterocycles. The summed E-state index contributed by atoms with van der Waals surface area (Å²) in [6.07, 6.45) is 3.01. The highest BCUT2D eigenvalue weighted by Crippen LogP contribution is 2.19. The zero-order chi connectivity index (χ0) is 13.2. The lowest BCUT2D eigenvalue weighted by atomic mass is 9.99. The SMILES string of the molecule is Cl.O=C(CN1CCc2ccccc2C1=O)N1CCCC1. The van der Waals surface area contributed by atoms with Crippen molar-refractivity contribution in [3.05, 3.63) is 35.4 Å². The Hall–Kier alpha value is -1.55. The Morgan fingerprint density at radius 1 is 1.10 bits per heavy atom.